The molecule has 2 aromatic carbocycles. The van der Waals surface area contributed by atoms with Crippen molar-refractivity contribution < 1.29 is 21.0 Å². The number of hydrogen-bond acceptors (Lipinski definition) is 6. The van der Waals surface area contributed by atoms with Gasteiger partial charge in [-0.3, -0.25) is 0 Å². The van der Waals surface area contributed by atoms with E-state index in [4.69, 9.17) is 4.18 Å². The van der Waals surface area contributed by atoms with E-state index in [0.717, 1.165) is 4.31 Å². The highest BCUT2D eigenvalue weighted by molar-refractivity contribution is 9.08. The number of aromatic nitrogens is 1. The zero-order valence-electron chi connectivity index (χ0n) is 15.0. The molecule has 0 N–H and O–H groups in total. The minimum absolute atomic E-state index is 0.00946. The Labute approximate surface area is 172 Å². The predicted molar refractivity (Wildman–Crippen MR) is 110 cm³/mol. The molecule has 0 unspecified atom stereocenters. The summed E-state index contributed by atoms with van der Waals surface area (Å²) >= 11 is 3.30. The van der Waals surface area contributed by atoms with Crippen LogP contribution < -0.4 is 4.18 Å². The lowest BCUT2D eigenvalue weighted by Gasteiger charge is -2.16. The number of pyridine rings is 1. The molecule has 148 valence electrons. The summed E-state index contributed by atoms with van der Waals surface area (Å²) in [5, 5.41) is 0.692. The Hall–Kier alpha value is -2.01. The van der Waals surface area contributed by atoms with E-state index in [1.54, 1.807) is 30.3 Å². The fourth-order valence-electron chi connectivity index (χ4n) is 2.52. The second-order valence-electron chi connectivity index (χ2n) is 6.03. The van der Waals surface area contributed by atoms with Gasteiger partial charge in [-0.2, -0.15) is 8.42 Å². The molecule has 0 saturated heterocycles. The van der Waals surface area contributed by atoms with Gasteiger partial charge in [0.05, 0.1) is 10.6 Å². The standard InChI is InChI=1S/C18H17BrN2O5S2/c1-21(2)27(22,23)17-11-10-16(18-15(17)9-8-13(12-19)20-18)26-28(24,25)14-6-4-3-5-7-14/h3-11H,12H2,1-2H3. The Balaban J connectivity index is 2.22. The van der Waals surface area contributed by atoms with Crippen LogP contribution in [0.4, 0.5) is 0 Å². The summed E-state index contributed by atoms with van der Waals surface area (Å²) in [6, 6.07) is 13.6. The summed E-state index contributed by atoms with van der Waals surface area (Å²) in [5.74, 6) is -0.0423. The van der Waals surface area contributed by atoms with E-state index in [2.05, 4.69) is 20.9 Å². The molecule has 0 fully saturated rings. The second-order valence-corrected chi connectivity index (χ2v) is 10.3. The summed E-state index contributed by atoms with van der Waals surface area (Å²) in [5.41, 5.74) is 0.758. The van der Waals surface area contributed by atoms with Crippen molar-refractivity contribution in [3.05, 3.63) is 60.3 Å². The van der Waals surface area contributed by atoms with Crippen LogP contribution in [0.2, 0.25) is 0 Å². The number of hydrogen-bond donors (Lipinski definition) is 0. The average molecular weight is 485 g/mol. The molecule has 0 radical (unpaired) electrons. The first-order chi connectivity index (χ1) is 13.2. The topological polar surface area (TPSA) is 93.6 Å². The average Bonchev–Trinajstić information content (AvgIpc) is 2.68. The summed E-state index contributed by atoms with van der Waals surface area (Å²) < 4.78 is 56.9. The molecule has 0 saturated carbocycles. The van der Waals surface area contributed by atoms with Crippen LogP contribution >= 0.6 is 15.9 Å². The first-order valence-electron chi connectivity index (χ1n) is 8.07. The maximum Gasteiger partial charge on any atom is 0.339 e. The molecule has 0 bridgehead atoms. The molecule has 0 aliphatic carbocycles. The van der Waals surface area contributed by atoms with Crippen molar-refractivity contribution in [2.45, 2.75) is 15.1 Å². The molecular formula is C18H17BrN2O5S2. The zero-order valence-corrected chi connectivity index (χ0v) is 18.3. The van der Waals surface area contributed by atoms with E-state index >= 15 is 0 Å². The summed E-state index contributed by atoms with van der Waals surface area (Å²) in [4.78, 5) is 4.40. The predicted octanol–water partition coefficient (Wildman–Crippen LogP) is 3.15. The number of halogens is 1. The molecule has 0 spiro atoms. The Morgan fingerprint density at radius 1 is 0.964 bits per heavy atom. The van der Waals surface area contributed by atoms with Gasteiger partial charge in [0.25, 0.3) is 0 Å². The molecule has 0 amide bonds. The number of fused-ring (bicyclic) bond motifs is 1. The van der Waals surface area contributed by atoms with Crippen molar-refractivity contribution >= 4 is 47.0 Å². The van der Waals surface area contributed by atoms with Crippen LogP contribution in [0.1, 0.15) is 5.69 Å². The summed E-state index contributed by atoms with van der Waals surface area (Å²) in [7, 11) is -5.01. The van der Waals surface area contributed by atoms with Gasteiger partial charge < -0.3 is 4.18 Å². The second kappa shape index (κ2) is 7.78. The molecule has 0 aliphatic rings. The minimum Gasteiger partial charge on any atom is -0.377 e. The van der Waals surface area contributed by atoms with Crippen molar-refractivity contribution in [2.75, 3.05) is 14.1 Å². The van der Waals surface area contributed by atoms with Crippen LogP contribution in [0.15, 0.2) is 64.4 Å². The van der Waals surface area contributed by atoms with E-state index in [1.807, 2.05) is 0 Å². The van der Waals surface area contributed by atoms with Gasteiger partial charge in [0.15, 0.2) is 5.75 Å². The third kappa shape index (κ3) is 3.90. The molecule has 1 aromatic heterocycles. The minimum atomic E-state index is -4.10. The van der Waals surface area contributed by atoms with Gasteiger partial charge in [0, 0.05) is 24.8 Å². The molecular weight excluding hydrogens is 468 g/mol. The lowest BCUT2D eigenvalue weighted by atomic mass is 10.2. The van der Waals surface area contributed by atoms with Crippen LogP contribution in [0, 0.1) is 0 Å². The molecule has 3 rings (SSSR count). The smallest absolute Gasteiger partial charge is 0.339 e. The molecule has 1 heterocycles. The lowest BCUT2D eigenvalue weighted by molar-refractivity contribution is 0.488. The fourth-order valence-corrected chi connectivity index (χ4v) is 4.87. The van der Waals surface area contributed by atoms with Crippen molar-refractivity contribution in [3.8, 4) is 5.75 Å². The van der Waals surface area contributed by atoms with Gasteiger partial charge in [-0.25, -0.2) is 17.7 Å². The normalized spacial score (nSPS) is 12.4. The zero-order chi connectivity index (χ0) is 20.5. The quantitative estimate of drug-likeness (QED) is 0.394. The fraction of sp³-hybridized carbons (Fsp3) is 0.167. The van der Waals surface area contributed by atoms with Gasteiger partial charge in [-0.15, -0.1) is 0 Å². The van der Waals surface area contributed by atoms with Gasteiger partial charge in [-0.05, 0) is 36.4 Å². The monoisotopic (exact) mass is 484 g/mol. The summed E-state index contributed by atoms with van der Waals surface area (Å²) in [6.07, 6.45) is 0. The van der Waals surface area contributed by atoms with Crippen molar-refractivity contribution in [1.82, 2.24) is 9.29 Å². The lowest BCUT2D eigenvalue weighted by Crippen LogP contribution is -2.22. The number of benzene rings is 2. The Morgan fingerprint density at radius 3 is 2.25 bits per heavy atom. The third-order valence-electron chi connectivity index (χ3n) is 3.96. The maximum atomic E-state index is 12.6. The molecule has 28 heavy (non-hydrogen) atoms. The Bertz CT molecular complexity index is 1230. The summed E-state index contributed by atoms with van der Waals surface area (Å²) in [6.45, 7) is 0. The van der Waals surface area contributed by atoms with E-state index in [-0.39, 0.29) is 26.4 Å². The van der Waals surface area contributed by atoms with Crippen molar-refractivity contribution in [1.29, 1.82) is 0 Å². The third-order valence-corrected chi connectivity index (χ3v) is 7.66. The van der Waals surface area contributed by atoms with E-state index in [0.29, 0.717) is 11.0 Å². The SMILES string of the molecule is CN(C)S(=O)(=O)c1ccc(OS(=O)(=O)c2ccccc2)c2nc(CBr)ccc12. The number of sulfonamides is 1. The van der Waals surface area contributed by atoms with Crippen LogP contribution in [-0.4, -0.2) is 40.2 Å². The Kier molecular flexibility index (Phi) is 5.76. The molecule has 0 aliphatic heterocycles. The van der Waals surface area contributed by atoms with Crippen LogP contribution in [0.25, 0.3) is 10.9 Å². The van der Waals surface area contributed by atoms with Gasteiger partial charge in [-0.1, -0.05) is 34.1 Å². The number of alkyl halides is 1. The highest BCUT2D eigenvalue weighted by Crippen LogP contribution is 2.33. The molecule has 10 heteroatoms. The van der Waals surface area contributed by atoms with Gasteiger partial charge in [0.2, 0.25) is 10.0 Å². The number of rotatable bonds is 6. The van der Waals surface area contributed by atoms with Gasteiger partial charge >= 0.3 is 10.1 Å². The highest BCUT2D eigenvalue weighted by atomic mass is 79.9. The number of nitrogens with zero attached hydrogens (tertiary/aromatic N) is 2. The van der Waals surface area contributed by atoms with Crippen LogP contribution in [0.5, 0.6) is 5.75 Å². The van der Waals surface area contributed by atoms with Crippen LogP contribution in [0.3, 0.4) is 0 Å². The van der Waals surface area contributed by atoms with E-state index in [1.165, 1.54) is 38.4 Å². The van der Waals surface area contributed by atoms with E-state index in [9.17, 15) is 16.8 Å². The van der Waals surface area contributed by atoms with Crippen LogP contribution in [-0.2, 0) is 25.5 Å². The first kappa shape index (κ1) is 20.7. The molecule has 3 aromatic rings. The largest absolute Gasteiger partial charge is 0.377 e. The van der Waals surface area contributed by atoms with Crippen molar-refractivity contribution in [3.63, 3.8) is 0 Å². The highest BCUT2D eigenvalue weighted by Gasteiger charge is 2.24. The Morgan fingerprint density at radius 2 is 1.64 bits per heavy atom. The van der Waals surface area contributed by atoms with E-state index < -0.39 is 20.1 Å². The van der Waals surface area contributed by atoms with Gasteiger partial charge in [0.1, 0.15) is 10.4 Å². The molecule has 0 atom stereocenters. The maximum absolute atomic E-state index is 12.6. The molecule has 7 nitrogen and oxygen atoms in total. The van der Waals surface area contributed by atoms with Crippen molar-refractivity contribution in [2.24, 2.45) is 0 Å². The first-order valence-corrected chi connectivity index (χ1v) is 12.0.